The van der Waals surface area contributed by atoms with E-state index in [1.54, 1.807) is 35.9 Å². The van der Waals surface area contributed by atoms with Crippen LogP contribution in [0.3, 0.4) is 0 Å². The number of halogens is 1. The number of aryl methyl sites for hydroxylation is 1. The van der Waals surface area contributed by atoms with Gasteiger partial charge in [-0.3, -0.25) is 4.90 Å². The van der Waals surface area contributed by atoms with Crippen LogP contribution in [0.25, 0.3) is 0 Å². The molecule has 8 nitrogen and oxygen atoms in total. The van der Waals surface area contributed by atoms with E-state index in [0.717, 1.165) is 5.56 Å². The minimum Gasteiger partial charge on any atom is -0.481 e. The predicted molar refractivity (Wildman–Crippen MR) is 122 cm³/mol. The molecule has 11 heteroatoms. The van der Waals surface area contributed by atoms with Crippen molar-refractivity contribution in [3.05, 3.63) is 70.6 Å². The molecule has 4 rings (SSSR count). The maximum atomic E-state index is 13.1. The molecule has 0 bridgehead atoms. The van der Waals surface area contributed by atoms with Gasteiger partial charge < -0.3 is 9.15 Å². The highest BCUT2D eigenvalue weighted by atomic mass is 32.2. The summed E-state index contributed by atoms with van der Waals surface area (Å²) in [7, 11) is -3.52. The van der Waals surface area contributed by atoms with E-state index in [0.29, 0.717) is 49.4 Å². The van der Waals surface area contributed by atoms with E-state index in [9.17, 15) is 12.8 Å². The molecular formula is C22H25FN4O4S2. The van der Waals surface area contributed by atoms with Crippen LogP contribution in [0.5, 0.6) is 5.75 Å². The molecule has 1 fully saturated rings. The minimum absolute atomic E-state index is 0.203. The van der Waals surface area contributed by atoms with E-state index in [2.05, 4.69) is 10.00 Å². The summed E-state index contributed by atoms with van der Waals surface area (Å²) >= 11 is 5.29. The average Bonchev–Trinajstić information content (AvgIpc) is 3.16. The predicted octanol–water partition coefficient (Wildman–Crippen LogP) is 3.76. The number of aromatic nitrogens is 2. The Morgan fingerprint density at radius 1 is 1.09 bits per heavy atom. The van der Waals surface area contributed by atoms with Crippen molar-refractivity contribution in [2.75, 3.05) is 26.2 Å². The molecule has 1 aliphatic heterocycles. The van der Waals surface area contributed by atoms with Gasteiger partial charge in [-0.05, 0) is 62.5 Å². The molecule has 0 amide bonds. The Hall–Kier alpha value is -2.60. The van der Waals surface area contributed by atoms with Crippen molar-refractivity contribution in [1.82, 2.24) is 19.0 Å². The second kappa shape index (κ2) is 9.72. The summed E-state index contributed by atoms with van der Waals surface area (Å²) < 4.78 is 53.2. The molecule has 1 saturated heterocycles. The van der Waals surface area contributed by atoms with E-state index in [1.807, 2.05) is 6.92 Å². The lowest BCUT2D eigenvalue weighted by atomic mass is 10.2. The number of benzene rings is 2. The third-order valence-electron chi connectivity index (χ3n) is 5.42. The van der Waals surface area contributed by atoms with Gasteiger partial charge in [0.15, 0.2) is 6.10 Å². The number of hydrogen-bond donors (Lipinski definition) is 0. The van der Waals surface area contributed by atoms with E-state index in [-0.39, 0.29) is 10.7 Å². The molecule has 1 aliphatic rings. The van der Waals surface area contributed by atoms with Crippen molar-refractivity contribution in [3.63, 3.8) is 0 Å². The molecule has 3 aromatic rings. The van der Waals surface area contributed by atoms with Gasteiger partial charge in [-0.25, -0.2) is 17.5 Å². The highest BCUT2D eigenvalue weighted by molar-refractivity contribution is 7.89. The first-order valence-corrected chi connectivity index (χ1v) is 12.4. The van der Waals surface area contributed by atoms with E-state index in [1.165, 1.54) is 28.6 Å². The minimum atomic E-state index is -3.52. The normalized spacial score (nSPS) is 16.6. The summed E-state index contributed by atoms with van der Waals surface area (Å²) in [6.07, 6.45) is -0.519. The Morgan fingerprint density at radius 2 is 1.73 bits per heavy atom. The van der Waals surface area contributed by atoms with Crippen LogP contribution >= 0.6 is 12.2 Å². The molecule has 0 aliphatic carbocycles. The maximum absolute atomic E-state index is 13.1. The van der Waals surface area contributed by atoms with Crippen molar-refractivity contribution < 1.29 is 22.0 Å². The van der Waals surface area contributed by atoms with Crippen molar-refractivity contribution in [2.24, 2.45) is 0 Å². The number of sulfonamides is 1. The van der Waals surface area contributed by atoms with Crippen molar-refractivity contribution in [1.29, 1.82) is 0 Å². The van der Waals surface area contributed by atoms with Crippen LogP contribution in [-0.2, 0) is 16.7 Å². The zero-order valence-electron chi connectivity index (χ0n) is 18.3. The largest absolute Gasteiger partial charge is 0.481 e. The molecule has 2 heterocycles. The van der Waals surface area contributed by atoms with Crippen molar-refractivity contribution in [3.8, 4) is 5.75 Å². The van der Waals surface area contributed by atoms with Crippen LogP contribution in [0, 0.1) is 17.6 Å². The van der Waals surface area contributed by atoms with Gasteiger partial charge in [0, 0.05) is 26.2 Å². The Labute approximate surface area is 197 Å². The molecule has 0 saturated carbocycles. The van der Waals surface area contributed by atoms with Crippen LogP contribution in [-0.4, -0.2) is 53.6 Å². The highest BCUT2D eigenvalue weighted by Crippen LogP contribution is 2.22. The standard InChI is InChI=1S/C22H25FN4O4S2/c1-16-3-9-20(10-4-16)33(28,29)26-13-11-25(12-14-26)15-27-22(32)31-21(24-27)17(2)30-19-7-5-18(23)6-8-19/h3-10,17H,11-15H2,1-2H3/t17-/m1/s1. The number of ether oxygens (including phenoxy) is 1. The first-order valence-electron chi connectivity index (χ1n) is 10.5. The Balaban J connectivity index is 1.36. The smallest absolute Gasteiger partial charge is 0.288 e. The summed E-state index contributed by atoms with van der Waals surface area (Å²) in [6, 6.07) is 12.6. The molecular weight excluding hydrogens is 467 g/mol. The third-order valence-corrected chi connectivity index (χ3v) is 7.63. The SMILES string of the molecule is Cc1ccc(S(=O)(=O)N2CCN(Cn3nc([C@@H](C)Oc4ccc(F)cc4)oc3=S)CC2)cc1. The van der Waals surface area contributed by atoms with Crippen molar-refractivity contribution >= 4 is 22.2 Å². The fourth-order valence-electron chi connectivity index (χ4n) is 3.50. The summed E-state index contributed by atoms with van der Waals surface area (Å²) in [5.74, 6) is 0.457. The highest BCUT2D eigenvalue weighted by Gasteiger charge is 2.29. The first-order chi connectivity index (χ1) is 15.7. The van der Waals surface area contributed by atoms with Gasteiger partial charge in [-0.1, -0.05) is 17.7 Å². The van der Waals surface area contributed by atoms with E-state index < -0.39 is 16.1 Å². The molecule has 33 heavy (non-hydrogen) atoms. The zero-order valence-corrected chi connectivity index (χ0v) is 20.0. The summed E-state index contributed by atoms with van der Waals surface area (Å²) in [5, 5.41) is 4.41. The summed E-state index contributed by atoms with van der Waals surface area (Å²) in [6.45, 7) is 5.89. The van der Waals surface area contributed by atoms with Crippen LogP contribution in [0.2, 0.25) is 0 Å². The maximum Gasteiger partial charge on any atom is 0.288 e. The summed E-state index contributed by atoms with van der Waals surface area (Å²) in [5.41, 5.74) is 1.01. The van der Waals surface area contributed by atoms with E-state index >= 15 is 0 Å². The fourth-order valence-corrected chi connectivity index (χ4v) is 5.11. The van der Waals surface area contributed by atoms with Gasteiger partial charge in [0.2, 0.25) is 10.0 Å². The van der Waals surface area contributed by atoms with Gasteiger partial charge >= 0.3 is 0 Å². The quantitative estimate of drug-likeness (QED) is 0.465. The lowest BCUT2D eigenvalue weighted by Crippen LogP contribution is -2.48. The molecule has 0 radical (unpaired) electrons. The molecule has 1 aromatic heterocycles. The third kappa shape index (κ3) is 5.49. The average molecular weight is 493 g/mol. The van der Waals surface area contributed by atoms with Gasteiger partial charge in [0.1, 0.15) is 11.6 Å². The van der Waals surface area contributed by atoms with Gasteiger partial charge in [-0.2, -0.15) is 4.31 Å². The second-order valence-electron chi connectivity index (χ2n) is 7.90. The Kier molecular flexibility index (Phi) is 6.94. The van der Waals surface area contributed by atoms with Gasteiger partial charge in [0.05, 0.1) is 11.6 Å². The van der Waals surface area contributed by atoms with E-state index in [4.69, 9.17) is 21.4 Å². The monoisotopic (exact) mass is 492 g/mol. The fraction of sp³-hybridized carbons (Fsp3) is 0.364. The molecule has 2 aromatic carbocycles. The number of hydrogen-bond acceptors (Lipinski definition) is 7. The molecule has 1 atom stereocenters. The second-order valence-corrected chi connectivity index (χ2v) is 10.2. The van der Waals surface area contributed by atoms with Crippen LogP contribution in [0.15, 0.2) is 57.8 Å². The topological polar surface area (TPSA) is 80.8 Å². The van der Waals surface area contributed by atoms with Crippen LogP contribution in [0.1, 0.15) is 24.5 Å². The van der Waals surface area contributed by atoms with Gasteiger partial charge in [0.25, 0.3) is 10.7 Å². The van der Waals surface area contributed by atoms with Gasteiger partial charge in [-0.15, -0.1) is 5.10 Å². The first kappa shape index (κ1) is 23.6. The van der Waals surface area contributed by atoms with Crippen molar-refractivity contribution in [2.45, 2.75) is 31.5 Å². The molecule has 0 spiro atoms. The van der Waals surface area contributed by atoms with Crippen LogP contribution in [0.4, 0.5) is 4.39 Å². The summed E-state index contributed by atoms with van der Waals surface area (Å²) in [4.78, 5) is 2.57. The molecule has 176 valence electrons. The lowest BCUT2D eigenvalue weighted by molar-refractivity contribution is 0.143. The number of rotatable bonds is 7. The Morgan fingerprint density at radius 3 is 2.36 bits per heavy atom. The molecule has 0 unspecified atom stereocenters. The lowest BCUT2D eigenvalue weighted by Gasteiger charge is -2.33. The van der Waals surface area contributed by atoms with Crippen LogP contribution < -0.4 is 4.74 Å². The molecule has 0 N–H and O–H groups in total. The number of nitrogens with zero attached hydrogens (tertiary/aromatic N) is 4. The Bertz CT molecular complexity index is 1250. The zero-order chi connectivity index (χ0) is 23.6. The number of piperazine rings is 1.